The second-order valence-electron chi connectivity index (χ2n) is 7.84. The van der Waals surface area contributed by atoms with Gasteiger partial charge < -0.3 is 45.0 Å². The van der Waals surface area contributed by atoms with Crippen LogP contribution in [0, 0.1) is 0 Å². The van der Waals surface area contributed by atoms with Gasteiger partial charge >= 0.3 is 11.9 Å². The zero-order chi connectivity index (χ0) is 33.9. The van der Waals surface area contributed by atoms with E-state index in [2.05, 4.69) is 26.0 Å². The second kappa shape index (κ2) is 25.8. The molecule has 0 aliphatic rings. The fourth-order valence-corrected chi connectivity index (χ4v) is 2.99. The van der Waals surface area contributed by atoms with Crippen LogP contribution in [0.15, 0.2) is 12.1 Å². The lowest BCUT2D eigenvalue weighted by Crippen LogP contribution is -2.36. The standard InChI is InChI=1S/C24H32N4O11.C2H4O.C2H6/c1-15(30)38-10-6-27-23(34)19-12-17(21(32)25-4-8-36-3)18(22(33)26-5-9-37-14-29)13-20(19)24(35)28-7-11-39-16(2)31;1-2-3;1-2/h12-14H,4-11H2,1-3H3,(H,25,32)(H,26,33)(H,27,34)(H,28,35);2H,1H3;1-2H3. The van der Waals surface area contributed by atoms with Gasteiger partial charge in [0, 0.05) is 27.5 Å². The molecule has 4 amide bonds. The summed E-state index contributed by atoms with van der Waals surface area (Å²) < 4.78 is 19.0. The Morgan fingerprint density at radius 1 is 0.614 bits per heavy atom. The molecule has 0 aromatic heterocycles. The summed E-state index contributed by atoms with van der Waals surface area (Å²) in [6.07, 6.45) is 0.750. The molecular formula is C28H42N4O12. The molecule has 44 heavy (non-hydrogen) atoms. The molecule has 0 heterocycles. The first-order valence-electron chi connectivity index (χ1n) is 13.5. The number of methoxy groups -OCH3 is 1. The Labute approximate surface area is 255 Å². The van der Waals surface area contributed by atoms with Crippen molar-refractivity contribution in [3.05, 3.63) is 34.4 Å². The number of nitrogens with one attached hydrogen (secondary N) is 4. The summed E-state index contributed by atoms with van der Waals surface area (Å²) in [6, 6.07) is 2.16. The zero-order valence-corrected chi connectivity index (χ0v) is 25.9. The number of hydrogen-bond acceptors (Lipinski definition) is 12. The summed E-state index contributed by atoms with van der Waals surface area (Å²) in [5.41, 5.74) is -0.967. The molecule has 1 aromatic rings. The van der Waals surface area contributed by atoms with Crippen LogP contribution in [0.4, 0.5) is 0 Å². The third-order valence-electron chi connectivity index (χ3n) is 4.69. The summed E-state index contributed by atoms with van der Waals surface area (Å²) in [7, 11) is 1.43. The normalized spacial score (nSPS) is 9.32. The Kier molecular flexibility index (Phi) is 24.2. The minimum absolute atomic E-state index is 0.0892. The smallest absolute Gasteiger partial charge is 0.302 e. The van der Waals surface area contributed by atoms with E-state index in [9.17, 15) is 33.6 Å². The Bertz CT molecular complexity index is 1110. The average Bonchev–Trinajstić information content (AvgIpc) is 3.00. The summed E-state index contributed by atoms with van der Waals surface area (Å²) in [5.74, 6) is -4.20. The fraction of sp³-hybridized carbons (Fsp3) is 0.500. The number of carbonyl (C=O) groups is 8. The number of rotatable bonds is 17. The molecule has 16 heteroatoms. The molecule has 0 radical (unpaired) electrons. The molecule has 0 saturated carbocycles. The third-order valence-corrected chi connectivity index (χ3v) is 4.69. The highest BCUT2D eigenvalue weighted by molar-refractivity contribution is 6.14. The van der Waals surface area contributed by atoms with E-state index >= 15 is 0 Å². The largest absolute Gasteiger partial charge is 0.466 e. The van der Waals surface area contributed by atoms with Gasteiger partial charge in [0.25, 0.3) is 30.1 Å². The quantitative estimate of drug-likeness (QED) is 0.0763. The third kappa shape index (κ3) is 17.8. The minimum atomic E-state index is -0.794. The van der Waals surface area contributed by atoms with Crippen LogP contribution in [-0.2, 0) is 38.1 Å². The van der Waals surface area contributed by atoms with Crippen LogP contribution in [-0.4, -0.2) is 108 Å². The Morgan fingerprint density at radius 3 is 1.18 bits per heavy atom. The monoisotopic (exact) mass is 626 g/mol. The van der Waals surface area contributed by atoms with E-state index in [1.165, 1.54) is 27.9 Å². The highest BCUT2D eigenvalue weighted by Gasteiger charge is 2.26. The molecule has 0 unspecified atom stereocenters. The first-order chi connectivity index (χ1) is 21.0. The molecule has 4 N–H and O–H groups in total. The minimum Gasteiger partial charge on any atom is -0.466 e. The number of aldehydes is 1. The highest BCUT2D eigenvalue weighted by Crippen LogP contribution is 2.19. The molecular weight excluding hydrogens is 584 g/mol. The van der Waals surface area contributed by atoms with Crippen LogP contribution in [0.25, 0.3) is 0 Å². The van der Waals surface area contributed by atoms with Gasteiger partial charge in [-0.25, -0.2) is 0 Å². The summed E-state index contributed by atoms with van der Waals surface area (Å²) >= 11 is 0. The predicted molar refractivity (Wildman–Crippen MR) is 156 cm³/mol. The van der Waals surface area contributed by atoms with Crippen LogP contribution < -0.4 is 21.3 Å². The van der Waals surface area contributed by atoms with Gasteiger partial charge in [-0.05, 0) is 19.1 Å². The number of carbonyl (C=O) groups excluding carboxylic acids is 8. The topological polar surface area (TPSA) is 222 Å². The van der Waals surface area contributed by atoms with E-state index in [0.29, 0.717) is 0 Å². The van der Waals surface area contributed by atoms with Crippen molar-refractivity contribution in [3.63, 3.8) is 0 Å². The Balaban J connectivity index is 0. The van der Waals surface area contributed by atoms with Crippen molar-refractivity contribution in [3.8, 4) is 0 Å². The number of ether oxygens (including phenoxy) is 4. The van der Waals surface area contributed by atoms with Crippen LogP contribution >= 0.6 is 0 Å². The predicted octanol–water partition coefficient (Wildman–Crippen LogP) is -0.217. The lowest BCUT2D eigenvalue weighted by atomic mass is 9.95. The van der Waals surface area contributed by atoms with Crippen LogP contribution in [0.5, 0.6) is 0 Å². The maximum Gasteiger partial charge on any atom is 0.302 e. The summed E-state index contributed by atoms with van der Waals surface area (Å²) in [6.45, 7) is 7.58. The van der Waals surface area contributed by atoms with E-state index < -0.39 is 35.6 Å². The molecule has 0 fully saturated rings. The van der Waals surface area contributed by atoms with E-state index in [4.69, 9.17) is 19.0 Å². The van der Waals surface area contributed by atoms with Crippen molar-refractivity contribution in [1.29, 1.82) is 0 Å². The molecule has 0 bridgehead atoms. The molecule has 0 spiro atoms. The number of hydrogen-bond donors (Lipinski definition) is 4. The molecule has 1 rings (SSSR count). The summed E-state index contributed by atoms with van der Waals surface area (Å²) in [5, 5.41) is 9.97. The first kappa shape index (κ1) is 41.3. The molecule has 1 aromatic carbocycles. The molecule has 246 valence electrons. The van der Waals surface area contributed by atoms with Crippen molar-refractivity contribution in [2.24, 2.45) is 0 Å². The number of amides is 4. The number of esters is 2. The maximum atomic E-state index is 13.0. The Morgan fingerprint density at radius 2 is 0.909 bits per heavy atom. The van der Waals surface area contributed by atoms with E-state index in [-0.39, 0.29) is 81.3 Å². The fourth-order valence-electron chi connectivity index (χ4n) is 2.99. The van der Waals surface area contributed by atoms with Gasteiger partial charge in [-0.3, -0.25) is 33.6 Å². The van der Waals surface area contributed by atoms with Crippen LogP contribution in [0.1, 0.15) is 76.1 Å². The van der Waals surface area contributed by atoms with Crippen molar-refractivity contribution in [2.45, 2.75) is 34.6 Å². The van der Waals surface area contributed by atoms with Crippen LogP contribution in [0.2, 0.25) is 0 Å². The lowest BCUT2D eigenvalue weighted by molar-refractivity contribution is -0.141. The molecule has 16 nitrogen and oxygen atoms in total. The van der Waals surface area contributed by atoms with Gasteiger partial charge in [-0.2, -0.15) is 0 Å². The van der Waals surface area contributed by atoms with E-state index in [1.807, 2.05) is 13.8 Å². The molecule has 0 saturated heterocycles. The van der Waals surface area contributed by atoms with Gasteiger partial charge in [-0.15, -0.1) is 0 Å². The molecule has 0 atom stereocenters. The van der Waals surface area contributed by atoms with Gasteiger partial charge in [0.15, 0.2) is 0 Å². The van der Waals surface area contributed by atoms with Gasteiger partial charge in [0.05, 0.1) is 48.5 Å². The SMILES string of the molecule is CC.CC=O.COCCNC(=O)c1cc(C(=O)NCCOC(C)=O)c(C(=O)NCCOC(C)=O)cc1C(=O)NCCOC=O. The highest BCUT2D eigenvalue weighted by atomic mass is 16.5. The number of benzene rings is 1. The van der Waals surface area contributed by atoms with Gasteiger partial charge in [-0.1, -0.05) is 13.8 Å². The van der Waals surface area contributed by atoms with Gasteiger partial charge in [0.1, 0.15) is 26.1 Å². The second-order valence-corrected chi connectivity index (χ2v) is 7.84. The van der Waals surface area contributed by atoms with E-state index in [1.54, 1.807) is 0 Å². The summed E-state index contributed by atoms with van der Waals surface area (Å²) in [4.78, 5) is 92.9. The van der Waals surface area contributed by atoms with Crippen molar-refractivity contribution >= 4 is 48.3 Å². The van der Waals surface area contributed by atoms with Crippen molar-refractivity contribution in [2.75, 3.05) is 59.7 Å². The lowest BCUT2D eigenvalue weighted by Gasteiger charge is -2.16. The molecule has 0 aliphatic carbocycles. The first-order valence-corrected chi connectivity index (χ1v) is 13.5. The van der Waals surface area contributed by atoms with E-state index in [0.717, 1.165) is 18.4 Å². The van der Waals surface area contributed by atoms with Crippen molar-refractivity contribution < 1.29 is 57.3 Å². The maximum absolute atomic E-state index is 13.0. The van der Waals surface area contributed by atoms with Crippen LogP contribution in [0.3, 0.4) is 0 Å². The zero-order valence-electron chi connectivity index (χ0n) is 25.9. The Hall–Kier alpha value is -4.86. The van der Waals surface area contributed by atoms with Gasteiger partial charge in [0.2, 0.25) is 0 Å². The van der Waals surface area contributed by atoms with Crippen molar-refractivity contribution in [1.82, 2.24) is 21.3 Å². The average molecular weight is 627 g/mol. The molecule has 0 aliphatic heterocycles.